The third-order valence-electron chi connectivity index (χ3n) is 3.23. The van der Waals surface area contributed by atoms with Gasteiger partial charge in [-0.2, -0.15) is 0 Å². The number of ether oxygens (including phenoxy) is 1. The molecule has 0 bridgehead atoms. The lowest BCUT2D eigenvalue weighted by Gasteiger charge is -2.28. The van der Waals surface area contributed by atoms with Gasteiger partial charge in [-0.1, -0.05) is 6.08 Å². The quantitative estimate of drug-likeness (QED) is 0.497. The number of aromatic nitrogens is 1. The molecule has 0 radical (unpaired) electrons. The summed E-state index contributed by atoms with van der Waals surface area (Å²) in [5.74, 6) is -0.978. The molecule has 1 aromatic heterocycles. The van der Waals surface area contributed by atoms with E-state index >= 15 is 0 Å². The van der Waals surface area contributed by atoms with Crippen molar-refractivity contribution in [1.29, 1.82) is 0 Å². The summed E-state index contributed by atoms with van der Waals surface area (Å²) >= 11 is 0. The minimum Gasteiger partial charge on any atom is -0.478 e. The molecule has 8 nitrogen and oxygen atoms in total. The van der Waals surface area contributed by atoms with Crippen molar-refractivity contribution in [2.24, 2.45) is 0 Å². The van der Waals surface area contributed by atoms with Gasteiger partial charge in [-0.15, -0.1) is 0 Å². The second-order valence-electron chi connectivity index (χ2n) is 4.62. The molecule has 1 N–H and O–H groups in total. The standard InChI is InChI=1S/C13H15N3O5/c1-21-8-9-2-4-15(5-3-9)12-11(13(17)18)6-10(7-14-12)16(19)20/h2,6-7H,3-5,8H2,1H3,(H,17,18). The van der Waals surface area contributed by atoms with E-state index in [1.54, 1.807) is 12.0 Å². The Balaban J connectivity index is 2.28. The SMILES string of the molecule is COCC1=CCN(c2ncc([N+](=O)[O-])cc2C(=O)O)CC1. The van der Waals surface area contributed by atoms with Crippen LogP contribution in [0.15, 0.2) is 23.9 Å². The highest BCUT2D eigenvalue weighted by molar-refractivity contribution is 5.94. The lowest BCUT2D eigenvalue weighted by Crippen LogP contribution is -2.31. The molecule has 0 saturated heterocycles. The molecule has 0 aliphatic carbocycles. The number of carbonyl (C=O) groups is 1. The van der Waals surface area contributed by atoms with Gasteiger partial charge in [-0.25, -0.2) is 9.78 Å². The van der Waals surface area contributed by atoms with E-state index in [9.17, 15) is 20.0 Å². The zero-order chi connectivity index (χ0) is 15.4. The molecule has 0 atom stereocenters. The number of nitrogens with zero attached hydrogens (tertiary/aromatic N) is 3. The Morgan fingerprint density at radius 3 is 2.90 bits per heavy atom. The number of hydrogen-bond donors (Lipinski definition) is 1. The maximum Gasteiger partial charge on any atom is 0.339 e. The van der Waals surface area contributed by atoms with Crippen LogP contribution < -0.4 is 4.90 Å². The minimum atomic E-state index is -1.23. The van der Waals surface area contributed by atoms with Gasteiger partial charge >= 0.3 is 5.97 Å². The van der Waals surface area contributed by atoms with Gasteiger partial charge < -0.3 is 14.7 Å². The predicted octanol–water partition coefficient (Wildman–Crippen LogP) is 1.47. The molecule has 0 amide bonds. The van der Waals surface area contributed by atoms with Crippen LogP contribution in [0.4, 0.5) is 11.5 Å². The summed E-state index contributed by atoms with van der Waals surface area (Å²) in [7, 11) is 1.62. The topological polar surface area (TPSA) is 106 Å². The van der Waals surface area contributed by atoms with Crippen molar-refractivity contribution in [2.75, 3.05) is 31.7 Å². The molecular formula is C13H15N3O5. The summed E-state index contributed by atoms with van der Waals surface area (Å²) in [6.07, 6.45) is 3.78. The Morgan fingerprint density at radius 2 is 2.38 bits per heavy atom. The van der Waals surface area contributed by atoms with E-state index in [0.29, 0.717) is 19.7 Å². The van der Waals surface area contributed by atoms with Gasteiger partial charge in [0.05, 0.1) is 11.5 Å². The average molecular weight is 293 g/mol. The number of pyridine rings is 1. The summed E-state index contributed by atoms with van der Waals surface area (Å²) in [4.78, 5) is 27.1. The first-order valence-electron chi connectivity index (χ1n) is 6.32. The number of methoxy groups -OCH3 is 1. The third kappa shape index (κ3) is 3.34. The molecule has 0 aromatic carbocycles. The second-order valence-corrected chi connectivity index (χ2v) is 4.62. The molecule has 2 heterocycles. The molecule has 0 unspecified atom stereocenters. The van der Waals surface area contributed by atoms with Crippen molar-refractivity contribution in [2.45, 2.75) is 6.42 Å². The van der Waals surface area contributed by atoms with Gasteiger partial charge in [-0.05, 0) is 12.0 Å². The van der Waals surface area contributed by atoms with E-state index < -0.39 is 10.9 Å². The number of anilines is 1. The second kappa shape index (κ2) is 6.31. The first-order valence-corrected chi connectivity index (χ1v) is 6.32. The first kappa shape index (κ1) is 14.9. The van der Waals surface area contributed by atoms with E-state index in [-0.39, 0.29) is 17.1 Å². The number of hydrogen-bond acceptors (Lipinski definition) is 6. The normalized spacial score (nSPS) is 14.7. The van der Waals surface area contributed by atoms with Gasteiger partial charge in [-0.3, -0.25) is 10.1 Å². The molecule has 0 saturated carbocycles. The highest BCUT2D eigenvalue weighted by Crippen LogP contribution is 2.25. The number of carboxylic acid groups (broad SMARTS) is 1. The number of carboxylic acids is 1. The van der Waals surface area contributed by atoms with Gasteiger partial charge in [0.25, 0.3) is 5.69 Å². The zero-order valence-electron chi connectivity index (χ0n) is 11.5. The van der Waals surface area contributed by atoms with Gasteiger partial charge in [0.1, 0.15) is 17.6 Å². The van der Waals surface area contributed by atoms with Crippen LogP contribution in [0.25, 0.3) is 0 Å². The van der Waals surface area contributed by atoms with Crippen molar-refractivity contribution in [1.82, 2.24) is 4.98 Å². The molecule has 2 rings (SSSR count). The van der Waals surface area contributed by atoms with Crippen LogP contribution in [-0.2, 0) is 4.74 Å². The van der Waals surface area contributed by atoms with Gasteiger partial charge in [0.2, 0.25) is 0 Å². The maximum atomic E-state index is 11.3. The summed E-state index contributed by atoms with van der Waals surface area (Å²) in [6, 6.07) is 1.04. The lowest BCUT2D eigenvalue weighted by atomic mass is 10.1. The monoisotopic (exact) mass is 293 g/mol. The summed E-state index contributed by atoms with van der Waals surface area (Å²) in [5.41, 5.74) is 0.657. The molecule has 1 aliphatic heterocycles. The van der Waals surface area contributed by atoms with Crippen molar-refractivity contribution in [3.8, 4) is 0 Å². The van der Waals surface area contributed by atoms with Crippen LogP contribution in [-0.4, -0.2) is 47.8 Å². The minimum absolute atomic E-state index is 0.159. The maximum absolute atomic E-state index is 11.3. The highest BCUT2D eigenvalue weighted by Gasteiger charge is 2.23. The molecule has 8 heteroatoms. The largest absolute Gasteiger partial charge is 0.478 e. The Morgan fingerprint density at radius 1 is 1.62 bits per heavy atom. The summed E-state index contributed by atoms with van der Waals surface area (Å²) < 4.78 is 5.05. The van der Waals surface area contributed by atoms with Crippen molar-refractivity contribution < 1.29 is 19.6 Å². The van der Waals surface area contributed by atoms with Crippen molar-refractivity contribution in [3.05, 3.63) is 39.6 Å². The van der Waals surface area contributed by atoms with Crippen molar-refractivity contribution >= 4 is 17.5 Å². The average Bonchev–Trinajstić information content (AvgIpc) is 2.47. The molecule has 1 aromatic rings. The van der Waals surface area contributed by atoms with Crippen LogP contribution in [0, 0.1) is 10.1 Å². The van der Waals surface area contributed by atoms with E-state index in [4.69, 9.17) is 4.74 Å². The highest BCUT2D eigenvalue weighted by atomic mass is 16.6. The molecule has 0 spiro atoms. The van der Waals surface area contributed by atoms with Crippen LogP contribution >= 0.6 is 0 Å². The molecule has 112 valence electrons. The fourth-order valence-electron chi connectivity index (χ4n) is 2.18. The first-order chi connectivity index (χ1) is 10.0. The fraction of sp³-hybridized carbons (Fsp3) is 0.385. The van der Waals surface area contributed by atoms with E-state index in [2.05, 4.69) is 4.98 Å². The lowest BCUT2D eigenvalue weighted by molar-refractivity contribution is -0.385. The fourth-order valence-corrected chi connectivity index (χ4v) is 2.18. The van der Waals surface area contributed by atoms with Crippen LogP contribution in [0.5, 0.6) is 0 Å². The predicted molar refractivity (Wildman–Crippen MR) is 74.6 cm³/mol. The smallest absolute Gasteiger partial charge is 0.339 e. The number of nitro groups is 1. The summed E-state index contributed by atoms with van der Waals surface area (Å²) in [6.45, 7) is 1.65. The zero-order valence-corrected chi connectivity index (χ0v) is 11.5. The van der Waals surface area contributed by atoms with E-state index in [1.165, 1.54) is 0 Å². The molecule has 1 aliphatic rings. The van der Waals surface area contributed by atoms with Crippen LogP contribution in [0.1, 0.15) is 16.8 Å². The summed E-state index contributed by atoms with van der Waals surface area (Å²) in [5, 5.41) is 19.9. The number of aromatic carboxylic acids is 1. The van der Waals surface area contributed by atoms with Gasteiger partial charge in [0.15, 0.2) is 0 Å². The van der Waals surface area contributed by atoms with E-state index in [1.807, 2.05) is 6.08 Å². The number of rotatable bonds is 5. The Labute approximate surface area is 120 Å². The molecule has 21 heavy (non-hydrogen) atoms. The Kier molecular flexibility index (Phi) is 4.49. The Bertz CT molecular complexity index is 599. The van der Waals surface area contributed by atoms with E-state index in [0.717, 1.165) is 24.3 Å². The third-order valence-corrected chi connectivity index (χ3v) is 3.23. The van der Waals surface area contributed by atoms with Crippen molar-refractivity contribution in [3.63, 3.8) is 0 Å². The Hall–Kier alpha value is -2.48. The molecular weight excluding hydrogens is 278 g/mol. The van der Waals surface area contributed by atoms with Gasteiger partial charge in [0, 0.05) is 26.3 Å². The van der Waals surface area contributed by atoms with Crippen LogP contribution in [0.2, 0.25) is 0 Å². The van der Waals surface area contributed by atoms with Crippen LogP contribution in [0.3, 0.4) is 0 Å². The molecule has 0 fully saturated rings.